The average molecular weight is 359 g/mol. The molecule has 0 radical (unpaired) electrons. The fourth-order valence-electron chi connectivity index (χ4n) is 3.70. The monoisotopic (exact) mass is 358 g/mol. The van der Waals surface area contributed by atoms with Crippen molar-refractivity contribution in [3.63, 3.8) is 0 Å². The zero-order valence-corrected chi connectivity index (χ0v) is 17.1. The average Bonchev–Trinajstić information content (AvgIpc) is 2.64. The highest BCUT2D eigenvalue weighted by Crippen LogP contribution is 2.43. The van der Waals surface area contributed by atoms with E-state index in [9.17, 15) is 4.79 Å². The third kappa shape index (κ3) is 4.90. The Morgan fingerprint density at radius 2 is 1.65 bits per heavy atom. The van der Waals surface area contributed by atoms with Gasteiger partial charge in [0.15, 0.2) is 0 Å². The minimum absolute atomic E-state index is 0.0732. The Labute approximate surface area is 158 Å². The van der Waals surface area contributed by atoms with E-state index in [4.69, 9.17) is 9.47 Å². The van der Waals surface area contributed by atoms with Crippen molar-refractivity contribution in [3.05, 3.63) is 29.3 Å². The van der Waals surface area contributed by atoms with Crippen molar-refractivity contribution < 1.29 is 14.3 Å². The molecule has 26 heavy (non-hydrogen) atoms. The summed E-state index contributed by atoms with van der Waals surface area (Å²) < 4.78 is 11.5. The summed E-state index contributed by atoms with van der Waals surface area (Å²) in [4.78, 5) is 11.6. The Balaban J connectivity index is 2.34. The minimum atomic E-state index is 0.0732. The molecule has 0 spiro atoms. The molecule has 0 saturated carbocycles. The molecule has 144 valence electrons. The van der Waals surface area contributed by atoms with Crippen LogP contribution in [0.4, 0.5) is 0 Å². The van der Waals surface area contributed by atoms with Gasteiger partial charge in [-0.25, -0.2) is 0 Å². The predicted octanol–water partition coefficient (Wildman–Crippen LogP) is 6.09. The Hall–Kier alpha value is -1.77. The molecule has 0 bridgehead atoms. The maximum absolute atomic E-state index is 11.6. The highest BCUT2D eigenvalue weighted by molar-refractivity contribution is 5.89. The van der Waals surface area contributed by atoms with Crippen molar-refractivity contribution in [2.24, 2.45) is 0 Å². The molecule has 3 heteroatoms. The van der Waals surface area contributed by atoms with Crippen LogP contribution in [0.15, 0.2) is 18.2 Å². The second kappa shape index (κ2) is 9.25. The van der Waals surface area contributed by atoms with E-state index in [0.717, 1.165) is 35.5 Å². The topological polar surface area (TPSA) is 35.5 Å². The van der Waals surface area contributed by atoms with Crippen LogP contribution < -0.4 is 9.47 Å². The van der Waals surface area contributed by atoms with Crippen LogP contribution >= 0.6 is 0 Å². The highest BCUT2D eigenvalue weighted by atomic mass is 16.5. The van der Waals surface area contributed by atoms with Gasteiger partial charge in [-0.05, 0) is 41.5 Å². The lowest BCUT2D eigenvalue weighted by Gasteiger charge is -2.28. The van der Waals surface area contributed by atoms with Crippen molar-refractivity contribution in [1.82, 2.24) is 0 Å². The number of ether oxygens (including phenoxy) is 2. The number of Topliss-reactive ketones (excluding diaryl/α,β-unsaturated/α-hetero) is 1. The third-order valence-corrected chi connectivity index (χ3v) is 5.51. The van der Waals surface area contributed by atoms with Crippen molar-refractivity contribution in [3.8, 4) is 11.5 Å². The molecule has 1 aromatic rings. The van der Waals surface area contributed by atoms with E-state index in [1.165, 1.54) is 31.2 Å². The van der Waals surface area contributed by atoms with E-state index in [2.05, 4.69) is 32.9 Å². The molecule has 0 unspecified atom stereocenters. The van der Waals surface area contributed by atoms with Crippen LogP contribution in [0.2, 0.25) is 0 Å². The van der Waals surface area contributed by atoms with Crippen molar-refractivity contribution in [1.29, 1.82) is 0 Å². The van der Waals surface area contributed by atoms with Gasteiger partial charge in [0.05, 0.1) is 19.8 Å². The van der Waals surface area contributed by atoms with E-state index in [1.54, 1.807) is 14.2 Å². The lowest BCUT2D eigenvalue weighted by molar-refractivity contribution is -0.118. The number of ketones is 1. The molecule has 0 N–H and O–H groups in total. The van der Waals surface area contributed by atoms with E-state index in [0.29, 0.717) is 18.6 Å². The standard InChI is InChI=1S/C23H34O3/c1-6-7-8-9-14-23(2,3)18-15-20(25-4)22(21(16-18)26-5)17-10-12-19(24)13-11-17/h10,15-16H,6-9,11-14H2,1-5H3. The summed E-state index contributed by atoms with van der Waals surface area (Å²) in [7, 11) is 3.43. The van der Waals surface area contributed by atoms with Gasteiger partial charge in [-0.15, -0.1) is 0 Å². The summed E-state index contributed by atoms with van der Waals surface area (Å²) in [5.41, 5.74) is 3.49. The molecule has 1 aliphatic carbocycles. The van der Waals surface area contributed by atoms with Gasteiger partial charge in [-0.2, -0.15) is 0 Å². The fraction of sp³-hybridized carbons (Fsp3) is 0.609. The van der Waals surface area contributed by atoms with Crippen LogP contribution in [0, 0.1) is 0 Å². The summed E-state index contributed by atoms with van der Waals surface area (Å²) >= 11 is 0. The third-order valence-electron chi connectivity index (χ3n) is 5.51. The first kappa shape index (κ1) is 20.5. The fourth-order valence-corrected chi connectivity index (χ4v) is 3.70. The maximum atomic E-state index is 11.6. The molecular weight excluding hydrogens is 324 g/mol. The largest absolute Gasteiger partial charge is 0.496 e. The lowest BCUT2D eigenvalue weighted by atomic mass is 9.78. The van der Waals surface area contributed by atoms with Gasteiger partial charge >= 0.3 is 0 Å². The lowest BCUT2D eigenvalue weighted by Crippen LogP contribution is -2.18. The number of hydrogen-bond acceptors (Lipinski definition) is 3. The van der Waals surface area contributed by atoms with Gasteiger partial charge in [0, 0.05) is 12.8 Å². The second-order valence-electron chi connectivity index (χ2n) is 7.92. The van der Waals surface area contributed by atoms with E-state index >= 15 is 0 Å². The predicted molar refractivity (Wildman–Crippen MR) is 108 cm³/mol. The molecule has 0 amide bonds. The molecule has 0 aromatic heterocycles. The van der Waals surface area contributed by atoms with Crippen molar-refractivity contribution in [2.75, 3.05) is 14.2 Å². The number of benzene rings is 1. The van der Waals surface area contributed by atoms with E-state index in [-0.39, 0.29) is 5.41 Å². The van der Waals surface area contributed by atoms with E-state index in [1.807, 2.05) is 6.08 Å². The first-order chi connectivity index (χ1) is 12.4. The molecule has 1 aromatic carbocycles. The summed E-state index contributed by atoms with van der Waals surface area (Å²) in [5, 5.41) is 0. The summed E-state index contributed by atoms with van der Waals surface area (Å²) in [6.07, 6.45) is 10.1. The SMILES string of the molecule is CCCCCCC(C)(C)c1cc(OC)c(C2=CCC(=O)CC2)c(OC)c1. The van der Waals surface area contributed by atoms with Gasteiger partial charge in [-0.1, -0.05) is 52.5 Å². The quantitative estimate of drug-likeness (QED) is 0.501. The second-order valence-corrected chi connectivity index (χ2v) is 7.92. The van der Waals surface area contributed by atoms with Crippen LogP contribution in [-0.2, 0) is 10.2 Å². The smallest absolute Gasteiger partial charge is 0.137 e. The van der Waals surface area contributed by atoms with Gasteiger partial charge in [0.2, 0.25) is 0 Å². The Kier molecular flexibility index (Phi) is 7.31. The normalized spacial score (nSPS) is 15.0. The van der Waals surface area contributed by atoms with Crippen LogP contribution in [-0.4, -0.2) is 20.0 Å². The summed E-state index contributed by atoms with van der Waals surface area (Å²) in [6.45, 7) is 6.84. The Morgan fingerprint density at radius 1 is 1.00 bits per heavy atom. The molecule has 0 aliphatic heterocycles. The number of carbonyl (C=O) groups is 1. The van der Waals surface area contributed by atoms with Crippen LogP contribution in [0.1, 0.15) is 83.3 Å². The number of hydrogen-bond donors (Lipinski definition) is 0. The molecule has 3 nitrogen and oxygen atoms in total. The van der Waals surface area contributed by atoms with Crippen LogP contribution in [0.25, 0.3) is 5.57 Å². The zero-order valence-electron chi connectivity index (χ0n) is 17.1. The maximum Gasteiger partial charge on any atom is 0.137 e. The van der Waals surface area contributed by atoms with Gasteiger partial charge < -0.3 is 9.47 Å². The van der Waals surface area contributed by atoms with Crippen molar-refractivity contribution >= 4 is 11.4 Å². The Morgan fingerprint density at radius 3 is 2.15 bits per heavy atom. The first-order valence-corrected chi connectivity index (χ1v) is 9.90. The highest BCUT2D eigenvalue weighted by Gasteiger charge is 2.26. The molecule has 0 fully saturated rings. The Bertz CT molecular complexity index is 630. The minimum Gasteiger partial charge on any atom is -0.496 e. The van der Waals surface area contributed by atoms with Gasteiger partial charge in [-0.3, -0.25) is 4.79 Å². The van der Waals surface area contributed by atoms with Crippen LogP contribution in [0.5, 0.6) is 11.5 Å². The van der Waals surface area contributed by atoms with Crippen molar-refractivity contribution in [2.45, 2.75) is 77.6 Å². The van der Waals surface area contributed by atoms with Gasteiger partial charge in [0.25, 0.3) is 0 Å². The molecular formula is C23H34O3. The molecule has 1 aliphatic rings. The number of methoxy groups -OCH3 is 2. The van der Waals surface area contributed by atoms with E-state index < -0.39 is 0 Å². The first-order valence-electron chi connectivity index (χ1n) is 9.90. The number of unbranched alkanes of at least 4 members (excludes halogenated alkanes) is 3. The number of allylic oxidation sites excluding steroid dienone is 2. The zero-order chi connectivity index (χ0) is 19.2. The summed E-state index contributed by atoms with van der Waals surface area (Å²) in [6, 6.07) is 4.32. The summed E-state index contributed by atoms with van der Waals surface area (Å²) in [5.74, 6) is 2.00. The van der Waals surface area contributed by atoms with Crippen LogP contribution in [0.3, 0.4) is 0 Å². The molecule has 2 rings (SSSR count). The number of rotatable bonds is 9. The molecule has 0 atom stereocenters. The number of carbonyl (C=O) groups excluding carboxylic acids is 1. The molecule has 0 heterocycles. The van der Waals surface area contributed by atoms with Gasteiger partial charge in [0.1, 0.15) is 17.3 Å². The molecule has 0 saturated heterocycles.